The van der Waals surface area contributed by atoms with Crippen LogP contribution in [0.4, 0.5) is 0 Å². The Morgan fingerprint density at radius 3 is 2.50 bits per heavy atom. The molecule has 3 heteroatoms. The molecule has 0 saturated carbocycles. The molecular weight excluding hydrogens is 202 g/mol. The molecule has 1 saturated heterocycles. The number of nitrogens with zero attached hydrogens (tertiary/aromatic N) is 1. The molecule has 0 radical (unpaired) electrons. The third kappa shape index (κ3) is 3.20. The fourth-order valence-electron chi connectivity index (χ4n) is 2.14. The van der Waals surface area contributed by atoms with E-state index >= 15 is 0 Å². The average molecular weight is 223 g/mol. The molecule has 0 aromatic heterocycles. The summed E-state index contributed by atoms with van der Waals surface area (Å²) in [6, 6.07) is 0. The summed E-state index contributed by atoms with van der Waals surface area (Å²) in [5, 5.41) is 9.04. The van der Waals surface area contributed by atoms with Crippen molar-refractivity contribution in [3.8, 4) is 0 Å². The van der Waals surface area contributed by atoms with Gasteiger partial charge in [0.15, 0.2) is 0 Å². The molecule has 1 atom stereocenters. The van der Waals surface area contributed by atoms with E-state index in [4.69, 9.17) is 5.11 Å². The number of hydrogen-bond donors (Lipinski definition) is 1. The van der Waals surface area contributed by atoms with Crippen LogP contribution in [-0.2, 0) is 4.79 Å². The number of likely N-dealkylation sites (tertiary alicyclic amines) is 1. The fraction of sp³-hybridized carbons (Fsp3) is 0.615. The second kappa shape index (κ2) is 6.48. The number of carbonyl (C=O) groups excluding carboxylic acids is 1. The van der Waals surface area contributed by atoms with Crippen molar-refractivity contribution in [3.63, 3.8) is 0 Å². The van der Waals surface area contributed by atoms with E-state index in [-0.39, 0.29) is 24.3 Å². The van der Waals surface area contributed by atoms with Gasteiger partial charge in [-0.2, -0.15) is 0 Å². The monoisotopic (exact) mass is 223 g/mol. The van der Waals surface area contributed by atoms with E-state index in [2.05, 4.69) is 13.2 Å². The normalized spacial score (nSPS) is 20.1. The molecule has 1 rings (SSSR count). The molecule has 1 unspecified atom stereocenters. The van der Waals surface area contributed by atoms with Crippen molar-refractivity contribution in [1.82, 2.24) is 4.90 Å². The summed E-state index contributed by atoms with van der Waals surface area (Å²) in [6.07, 6.45) is 5.88. The predicted octanol–water partition coefficient (Wildman–Crippen LogP) is 1.60. The molecule has 90 valence electrons. The Balaban J connectivity index is 2.53. The Morgan fingerprint density at radius 2 is 2.06 bits per heavy atom. The summed E-state index contributed by atoms with van der Waals surface area (Å²) >= 11 is 0. The van der Waals surface area contributed by atoms with Crippen molar-refractivity contribution in [1.29, 1.82) is 0 Å². The zero-order chi connectivity index (χ0) is 12.0. The largest absolute Gasteiger partial charge is 0.396 e. The lowest BCUT2D eigenvalue weighted by molar-refractivity contribution is -0.134. The van der Waals surface area contributed by atoms with Crippen molar-refractivity contribution in [2.24, 2.45) is 11.8 Å². The highest BCUT2D eigenvalue weighted by Gasteiger charge is 2.29. The van der Waals surface area contributed by atoms with Crippen molar-refractivity contribution in [2.75, 3.05) is 19.7 Å². The van der Waals surface area contributed by atoms with Gasteiger partial charge in [-0.1, -0.05) is 12.2 Å². The summed E-state index contributed by atoms with van der Waals surface area (Å²) < 4.78 is 0. The molecule has 16 heavy (non-hydrogen) atoms. The van der Waals surface area contributed by atoms with Crippen LogP contribution in [0.2, 0.25) is 0 Å². The van der Waals surface area contributed by atoms with Gasteiger partial charge in [-0.25, -0.2) is 0 Å². The van der Waals surface area contributed by atoms with Crippen molar-refractivity contribution in [3.05, 3.63) is 25.3 Å². The highest BCUT2D eigenvalue weighted by Crippen LogP contribution is 2.21. The van der Waals surface area contributed by atoms with Crippen LogP contribution in [0.1, 0.15) is 19.3 Å². The smallest absolute Gasteiger partial charge is 0.226 e. The molecule has 1 aliphatic heterocycles. The fourth-order valence-corrected chi connectivity index (χ4v) is 2.14. The van der Waals surface area contributed by atoms with Gasteiger partial charge in [0, 0.05) is 31.5 Å². The molecule has 1 aliphatic rings. The van der Waals surface area contributed by atoms with E-state index in [0.717, 1.165) is 13.0 Å². The Hall–Kier alpha value is -1.09. The maximum atomic E-state index is 12.1. The molecule has 0 aromatic rings. The summed E-state index contributed by atoms with van der Waals surface area (Å²) in [7, 11) is 0. The summed E-state index contributed by atoms with van der Waals surface area (Å²) in [6.45, 7) is 9.00. The topological polar surface area (TPSA) is 40.5 Å². The number of carbonyl (C=O) groups is 1. The van der Waals surface area contributed by atoms with Crippen LogP contribution in [0.25, 0.3) is 0 Å². The lowest BCUT2D eigenvalue weighted by Crippen LogP contribution is -2.34. The summed E-state index contributed by atoms with van der Waals surface area (Å²) in [5.41, 5.74) is 0. The maximum Gasteiger partial charge on any atom is 0.226 e. The van der Waals surface area contributed by atoms with Crippen LogP contribution in [0.5, 0.6) is 0 Å². The third-order valence-electron chi connectivity index (χ3n) is 3.11. The Kier molecular flexibility index (Phi) is 5.26. The first-order chi connectivity index (χ1) is 7.72. The first kappa shape index (κ1) is 13.0. The Morgan fingerprint density at radius 1 is 1.44 bits per heavy atom. The molecule has 1 amide bonds. The number of hydrogen-bond acceptors (Lipinski definition) is 2. The van der Waals surface area contributed by atoms with Gasteiger partial charge < -0.3 is 10.0 Å². The number of rotatable bonds is 6. The highest BCUT2D eigenvalue weighted by molar-refractivity contribution is 5.79. The van der Waals surface area contributed by atoms with Gasteiger partial charge in [0.05, 0.1) is 0 Å². The average Bonchev–Trinajstić information content (AvgIpc) is 2.76. The van der Waals surface area contributed by atoms with E-state index in [9.17, 15) is 4.79 Å². The molecule has 0 aromatic carbocycles. The van der Waals surface area contributed by atoms with Crippen LogP contribution in [0, 0.1) is 11.8 Å². The van der Waals surface area contributed by atoms with E-state index in [1.807, 2.05) is 4.90 Å². The van der Waals surface area contributed by atoms with E-state index < -0.39 is 0 Å². The summed E-state index contributed by atoms with van der Waals surface area (Å²) in [4.78, 5) is 14.0. The molecule has 0 spiro atoms. The van der Waals surface area contributed by atoms with Gasteiger partial charge in [0.1, 0.15) is 0 Å². The van der Waals surface area contributed by atoms with Gasteiger partial charge in [0.25, 0.3) is 0 Å². The Bertz CT molecular complexity index is 253. The quantitative estimate of drug-likeness (QED) is 0.695. The first-order valence-corrected chi connectivity index (χ1v) is 5.84. The lowest BCUT2D eigenvalue weighted by Gasteiger charge is -2.21. The molecule has 1 fully saturated rings. The minimum atomic E-state index is -0.0209. The van der Waals surface area contributed by atoms with Crippen molar-refractivity contribution < 1.29 is 9.90 Å². The van der Waals surface area contributed by atoms with Gasteiger partial charge in [0.2, 0.25) is 5.91 Å². The molecule has 0 bridgehead atoms. The van der Waals surface area contributed by atoms with Gasteiger partial charge in [-0.15, -0.1) is 13.2 Å². The van der Waals surface area contributed by atoms with E-state index in [1.165, 1.54) is 0 Å². The lowest BCUT2D eigenvalue weighted by atomic mass is 10.00. The third-order valence-corrected chi connectivity index (χ3v) is 3.11. The standard InChI is InChI=1S/C13H21NO2/c1-3-5-12(6-4-2)13(16)14-8-7-11(9-14)10-15/h3-4,11-12,15H,1-2,5-10H2. The van der Waals surface area contributed by atoms with Crippen LogP contribution in [0.3, 0.4) is 0 Å². The van der Waals surface area contributed by atoms with Gasteiger partial charge in [-0.05, 0) is 19.3 Å². The molecule has 1 N–H and O–H groups in total. The number of aliphatic hydroxyl groups excluding tert-OH is 1. The SMILES string of the molecule is C=CCC(CC=C)C(=O)N1CCC(CO)C1. The van der Waals surface area contributed by atoms with Crippen molar-refractivity contribution >= 4 is 5.91 Å². The van der Waals surface area contributed by atoms with Crippen LogP contribution in [0.15, 0.2) is 25.3 Å². The predicted molar refractivity (Wildman–Crippen MR) is 64.9 cm³/mol. The van der Waals surface area contributed by atoms with Crippen LogP contribution < -0.4 is 0 Å². The van der Waals surface area contributed by atoms with E-state index in [1.54, 1.807) is 12.2 Å². The minimum Gasteiger partial charge on any atom is -0.396 e. The molecule has 3 nitrogen and oxygen atoms in total. The molecule has 1 heterocycles. The second-order valence-corrected chi connectivity index (χ2v) is 4.37. The van der Waals surface area contributed by atoms with Crippen LogP contribution in [-0.4, -0.2) is 35.6 Å². The zero-order valence-electron chi connectivity index (χ0n) is 9.77. The maximum absolute atomic E-state index is 12.1. The van der Waals surface area contributed by atoms with E-state index in [0.29, 0.717) is 19.4 Å². The van der Waals surface area contributed by atoms with Crippen molar-refractivity contribution in [2.45, 2.75) is 19.3 Å². The first-order valence-electron chi connectivity index (χ1n) is 5.84. The summed E-state index contributed by atoms with van der Waals surface area (Å²) in [5.74, 6) is 0.417. The number of aliphatic hydroxyl groups is 1. The zero-order valence-corrected chi connectivity index (χ0v) is 9.77. The Labute approximate surface area is 97.4 Å². The van der Waals surface area contributed by atoms with Gasteiger partial charge in [-0.3, -0.25) is 4.79 Å². The number of allylic oxidation sites excluding steroid dienone is 2. The van der Waals surface area contributed by atoms with Gasteiger partial charge >= 0.3 is 0 Å². The molecule has 0 aliphatic carbocycles. The number of amides is 1. The molecular formula is C13H21NO2. The van der Waals surface area contributed by atoms with Crippen LogP contribution >= 0.6 is 0 Å². The second-order valence-electron chi connectivity index (χ2n) is 4.37. The minimum absolute atomic E-state index is 0.0209. The highest BCUT2D eigenvalue weighted by atomic mass is 16.3.